The molecule has 2 aliphatic rings. The number of aryl methyl sites for hydroxylation is 6. The molecule has 0 aliphatic carbocycles. The zero-order valence-corrected chi connectivity index (χ0v) is 34.0. The molecule has 8 heteroatoms. The van der Waals surface area contributed by atoms with Gasteiger partial charge in [-0.3, -0.25) is 0 Å². The molecule has 2 saturated heterocycles. The fraction of sp³-hybridized carbons (Fsp3) is 0.854. The zero-order chi connectivity index (χ0) is 36.5. The van der Waals surface area contributed by atoms with Crippen LogP contribution in [0.1, 0.15) is 172 Å². The van der Waals surface area contributed by atoms with E-state index < -0.39 is 0 Å². The van der Waals surface area contributed by atoms with Gasteiger partial charge < -0.3 is 28.5 Å². The summed E-state index contributed by atoms with van der Waals surface area (Å²) in [5.41, 5.74) is 1.98. The van der Waals surface area contributed by atoms with Crippen molar-refractivity contribution in [2.75, 3.05) is 60.7 Å². The van der Waals surface area contributed by atoms with Gasteiger partial charge in [-0.1, -0.05) is 97.9 Å². The predicted molar refractivity (Wildman–Crippen MR) is 227 cm³/mol. The Morgan fingerprint density at radius 2 is 0.816 bits per heavy atom. The number of hydrogen-bond donors (Lipinski definition) is 1. The van der Waals surface area contributed by atoms with Crippen molar-refractivity contribution in [3.8, 4) is 0 Å². The Morgan fingerprint density at radius 3 is 0.878 bits per heavy atom. The van der Waals surface area contributed by atoms with Crippen molar-refractivity contribution in [2.45, 2.75) is 179 Å². The van der Waals surface area contributed by atoms with E-state index in [0.717, 1.165) is 47.9 Å². The molecule has 306 valence electrons. The number of oxazole rings is 2. The van der Waals surface area contributed by atoms with Crippen LogP contribution >= 0.6 is 0 Å². The van der Waals surface area contributed by atoms with Crippen LogP contribution in [0, 0.1) is 41.5 Å². The Morgan fingerprint density at radius 1 is 0.571 bits per heavy atom. The highest BCUT2D eigenvalue weighted by atomic mass is 16.5. The third kappa shape index (κ3) is 68.9. The number of hydrogen-bond acceptors (Lipinski definition) is 8. The number of ether oxygens (including phenoxy) is 2. The highest BCUT2D eigenvalue weighted by molar-refractivity contribution is 5.04. The molecule has 0 radical (unpaired) electrons. The van der Waals surface area contributed by atoms with Crippen molar-refractivity contribution in [3.63, 3.8) is 0 Å². The SMILES string of the molecule is C.C.C.C.C1CCNC1.CC.CC.CCC.CCC.CCOC.CCOC.CN1CCCC1.Cc1nc(C)c(C)o1.Cc1nc(C)c(C)o1. The fourth-order valence-electron chi connectivity index (χ4n) is 2.77. The molecule has 0 aromatic carbocycles. The van der Waals surface area contributed by atoms with Crippen LogP contribution in [0.4, 0.5) is 0 Å². The minimum Gasteiger partial charge on any atom is -0.446 e. The lowest BCUT2D eigenvalue weighted by atomic mass is 10.4. The molecule has 1 N–H and O–H groups in total. The van der Waals surface area contributed by atoms with Crippen LogP contribution < -0.4 is 5.32 Å². The number of methoxy groups -OCH3 is 2. The van der Waals surface area contributed by atoms with E-state index in [4.69, 9.17) is 8.83 Å². The lowest BCUT2D eigenvalue weighted by Crippen LogP contribution is -2.10. The maximum absolute atomic E-state index is 5.10. The molecule has 0 atom stereocenters. The molecular formula is C41H98N4O4. The van der Waals surface area contributed by atoms with E-state index in [-0.39, 0.29) is 29.7 Å². The van der Waals surface area contributed by atoms with Gasteiger partial charge in [0.05, 0.1) is 11.4 Å². The number of likely N-dealkylation sites (tertiary alicyclic amines) is 1. The molecule has 8 nitrogen and oxygen atoms in total. The minimum atomic E-state index is 0. The van der Waals surface area contributed by atoms with Gasteiger partial charge in [0, 0.05) is 41.3 Å². The van der Waals surface area contributed by atoms with Crippen LogP contribution in [0.15, 0.2) is 8.83 Å². The van der Waals surface area contributed by atoms with Gasteiger partial charge in [0.1, 0.15) is 11.5 Å². The Bertz CT molecular complexity index is 639. The smallest absolute Gasteiger partial charge is 0.191 e. The Hall–Kier alpha value is -1.74. The normalized spacial score (nSPS) is 11.0. The molecule has 0 bridgehead atoms. The molecule has 4 heterocycles. The predicted octanol–water partition coefficient (Wildman–Crippen LogP) is 13.0. The lowest BCUT2D eigenvalue weighted by molar-refractivity contribution is 0.215. The van der Waals surface area contributed by atoms with Gasteiger partial charge in [0.2, 0.25) is 0 Å². The van der Waals surface area contributed by atoms with E-state index in [1.54, 1.807) is 14.2 Å². The lowest BCUT2D eigenvalue weighted by Gasteiger charge is -2.01. The Balaban J connectivity index is -0.0000000442. The summed E-state index contributed by atoms with van der Waals surface area (Å²) < 4.78 is 19.3. The van der Waals surface area contributed by atoms with E-state index in [2.05, 4.69) is 64.4 Å². The monoisotopic (exact) mass is 711 g/mol. The largest absolute Gasteiger partial charge is 0.446 e. The molecule has 0 amide bonds. The second kappa shape index (κ2) is 64.7. The first-order chi connectivity index (χ1) is 21.4. The first kappa shape index (κ1) is 72.8. The van der Waals surface area contributed by atoms with Gasteiger partial charge in [-0.2, -0.15) is 0 Å². The van der Waals surface area contributed by atoms with Crippen molar-refractivity contribution in [1.82, 2.24) is 20.2 Å². The molecule has 49 heavy (non-hydrogen) atoms. The molecule has 2 aromatic heterocycles. The van der Waals surface area contributed by atoms with Gasteiger partial charge in [-0.05, 0) is 100 Å². The average molecular weight is 711 g/mol. The van der Waals surface area contributed by atoms with E-state index in [1.807, 2.05) is 83.1 Å². The van der Waals surface area contributed by atoms with Crippen molar-refractivity contribution in [1.29, 1.82) is 0 Å². The standard InChI is InChI=1S/2C6H9NO.C5H11N.C4H9N.2C3H8O.2C3H8.2C2H6.4CH4/c2*1-4-5(2)8-6(3)7-4;1-6-4-2-3-5-6;1-2-4-5-3-1;2*1-3-4-2;2*1-3-2;2*1-2;;;;/h2*1-3H3;2-5H2,1H3;5H,1-4H2;2*3H2,1-2H3;2*3H2,1-2H3;2*1-2H3;4*1H4. The molecule has 2 aliphatic heterocycles. The summed E-state index contributed by atoms with van der Waals surface area (Å²) >= 11 is 0. The quantitative estimate of drug-likeness (QED) is 0.330. The molecule has 2 aromatic rings. The summed E-state index contributed by atoms with van der Waals surface area (Å²) in [4.78, 5) is 10.4. The third-order valence-electron chi connectivity index (χ3n) is 5.14. The number of nitrogens with zero attached hydrogens (tertiary/aromatic N) is 3. The zero-order valence-electron chi connectivity index (χ0n) is 34.0. The maximum atomic E-state index is 5.10. The first-order valence-corrected chi connectivity index (χ1v) is 17.6. The van der Waals surface area contributed by atoms with Crippen LogP contribution in [-0.2, 0) is 9.47 Å². The molecule has 0 unspecified atom stereocenters. The van der Waals surface area contributed by atoms with E-state index in [0.29, 0.717) is 0 Å². The van der Waals surface area contributed by atoms with Crippen molar-refractivity contribution in [2.24, 2.45) is 0 Å². The topological polar surface area (TPSA) is 85.8 Å². The second-order valence-corrected chi connectivity index (χ2v) is 9.79. The van der Waals surface area contributed by atoms with Gasteiger partial charge in [0.25, 0.3) is 0 Å². The molecule has 2 fully saturated rings. The van der Waals surface area contributed by atoms with Crippen LogP contribution in [0.3, 0.4) is 0 Å². The molecular weight excluding hydrogens is 612 g/mol. The highest BCUT2D eigenvalue weighted by Gasteiger charge is 2.03. The van der Waals surface area contributed by atoms with E-state index >= 15 is 0 Å². The third-order valence-corrected chi connectivity index (χ3v) is 5.14. The second-order valence-electron chi connectivity index (χ2n) is 9.79. The fourth-order valence-corrected chi connectivity index (χ4v) is 2.77. The van der Waals surface area contributed by atoms with Gasteiger partial charge in [-0.25, -0.2) is 9.97 Å². The summed E-state index contributed by atoms with van der Waals surface area (Å²) in [6.07, 6.45) is 8.10. The van der Waals surface area contributed by atoms with Gasteiger partial charge in [0.15, 0.2) is 11.8 Å². The van der Waals surface area contributed by atoms with Crippen molar-refractivity contribution < 1.29 is 18.3 Å². The number of aromatic nitrogens is 2. The van der Waals surface area contributed by atoms with Crippen molar-refractivity contribution in [3.05, 3.63) is 34.7 Å². The molecule has 0 saturated carbocycles. The van der Waals surface area contributed by atoms with Crippen molar-refractivity contribution >= 4 is 0 Å². The molecule has 4 rings (SSSR count). The first-order valence-electron chi connectivity index (χ1n) is 17.6. The highest BCUT2D eigenvalue weighted by Crippen LogP contribution is 2.06. The van der Waals surface area contributed by atoms with Crippen LogP contribution in [-0.4, -0.2) is 75.5 Å². The molecule has 0 spiro atoms. The van der Waals surface area contributed by atoms with E-state index in [1.165, 1.54) is 64.7 Å². The number of nitrogens with one attached hydrogen (secondary N) is 1. The summed E-state index contributed by atoms with van der Waals surface area (Å²) in [7, 11) is 5.53. The van der Waals surface area contributed by atoms with Crippen LogP contribution in [0.2, 0.25) is 0 Å². The number of rotatable bonds is 2. The maximum Gasteiger partial charge on any atom is 0.191 e. The summed E-state index contributed by atoms with van der Waals surface area (Å²) in [6, 6.07) is 0. The summed E-state index contributed by atoms with van der Waals surface area (Å²) in [6.45, 7) is 38.6. The van der Waals surface area contributed by atoms with Gasteiger partial charge in [-0.15, -0.1) is 0 Å². The summed E-state index contributed by atoms with van der Waals surface area (Å²) in [5.74, 6) is 3.34. The van der Waals surface area contributed by atoms with Gasteiger partial charge >= 0.3 is 0 Å². The van der Waals surface area contributed by atoms with Crippen LogP contribution in [0.5, 0.6) is 0 Å². The summed E-state index contributed by atoms with van der Waals surface area (Å²) in [5, 5.41) is 3.22. The minimum absolute atomic E-state index is 0. The average Bonchev–Trinajstić information content (AvgIpc) is 3.86. The van der Waals surface area contributed by atoms with E-state index in [9.17, 15) is 0 Å². The Labute approximate surface area is 312 Å². The Kier molecular flexibility index (Phi) is 96.2. The van der Waals surface area contributed by atoms with Crippen LogP contribution in [0.25, 0.3) is 0 Å².